The second-order valence-corrected chi connectivity index (χ2v) is 8.26. The Hall–Kier alpha value is -1.75. The van der Waals surface area contributed by atoms with Crippen molar-refractivity contribution in [1.29, 1.82) is 0 Å². The van der Waals surface area contributed by atoms with E-state index < -0.39 is 0 Å². The largest absolute Gasteiger partial charge is 0.496 e. The molecule has 2 aromatic rings. The lowest BCUT2D eigenvalue weighted by molar-refractivity contribution is 0.0411. The zero-order valence-corrected chi connectivity index (χ0v) is 17.8. The summed E-state index contributed by atoms with van der Waals surface area (Å²) in [4.78, 5) is 2.44. The minimum Gasteiger partial charge on any atom is -0.496 e. The van der Waals surface area contributed by atoms with E-state index in [0.29, 0.717) is 0 Å². The fraction of sp³-hybridized carbons (Fsp3) is 0.478. The molecule has 3 rings (SSSR count). The zero-order chi connectivity index (χ0) is 20.1. The molecule has 2 aromatic carbocycles. The van der Waals surface area contributed by atoms with E-state index >= 15 is 0 Å². The van der Waals surface area contributed by atoms with E-state index in [9.17, 15) is 5.11 Å². The Labute approximate surface area is 173 Å². The van der Waals surface area contributed by atoms with Crippen LogP contribution in [0.15, 0.2) is 36.4 Å². The summed E-state index contributed by atoms with van der Waals surface area (Å²) < 4.78 is 11.1. The van der Waals surface area contributed by atoms with Crippen LogP contribution < -0.4 is 9.47 Å². The van der Waals surface area contributed by atoms with Crippen molar-refractivity contribution in [3.63, 3.8) is 0 Å². The molecular formula is C23H30ClNO3. The van der Waals surface area contributed by atoms with Gasteiger partial charge in [0, 0.05) is 29.3 Å². The average Bonchev–Trinajstić information content (AvgIpc) is 2.72. The Morgan fingerprint density at radius 3 is 2.29 bits per heavy atom. The summed E-state index contributed by atoms with van der Waals surface area (Å²) in [6, 6.07) is 12.1. The number of nitrogens with zero attached hydrogens (tertiary/aromatic N) is 1. The van der Waals surface area contributed by atoms with Gasteiger partial charge in [0.15, 0.2) is 0 Å². The Bertz CT molecular complexity index is 783. The third-order valence-electron chi connectivity index (χ3n) is 6.00. The first-order valence-corrected chi connectivity index (χ1v) is 10.2. The number of methoxy groups -OCH3 is 2. The molecule has 0 radical (unpaired) electrons. The summed E-state index contributed by atoms with van der Waals surface area (Å²) in [6.45, 7) is 5.01. The van der Waals surface area contributed by atoms with Gasteiger partial charge < -0.3 is 14.6 Å². The molecule has 0 bridgehead atoms. The number of piperidine rings is 1. The maximum absolute atomic E-state index is 10.1. The lowest BCUT2D eigenvalue weighted by Gasteiger charge is -2.41. The first kappa shape index (κ1) is 21.0. The number of benzene rings is 2. The highest BCUT2D eigenvalue weighted by Crippen LogP contribution is 2.37. The molecule has 0 amide bonds. The fourth-order valence-electron chi connectivity index (χ4n) is 4.21. The summed E-state index contributed by atoms with van der Waals surface area (Å²) in [5.41, 5.74) is 3.39. The quantitative estimate of drug-likeness (QED) is 0.739. The van der Waals surface area contributed by atoms with Gasteiger partial charge in [0.2, 0.25) is 0 Å². The van der Waals surface area contributed by atoms with E-state index in [-0.39, 0.29) is 12.0 Å². The van der Waals surface area contributed by atoms with Crippen molar-refractivity contribution in [2.45, 2.75) is 32.7 Å². The van der Waals surface area contributed by atoms with Gasteiger partial charge in [-0.2, -0.15) is 0 Å². The monoisotopic (exact) mass is 403 g/mol. The molecule has 0 atom stereocenters. The molecule has 0 aliphatic carbocycles. The van der Waals surface area contributed by atoms with Crippen LogP contribution in [0.2, 0.25) is 5.02 Å². The average molecular weight is 404 g/mol. The number of aliphatic hydroxyl groups excluding tert-OH is 1. The molecule has 0 saturated carbocycles. The maximum atomic E-state index is 10.1. The Morgan fingerprint density at radius 1 is 1.04 bits per heavy atom. The SMILES string of the molecule is COc1ccc(CN2CCC(CO)(Cc3ccc(Cl)cc3)CC2)c(OC)c1C. The smallest absolute Gasteiger partial charge is 0.129 e. The number of ether oxygens (including phenoxy) is 2. The van der Waals surface area contributed by atoms with Crippen molar-refractivity contribution < 1.29 is 14.6 Å². The van der Waals surface area contributed by atoms with Crippen LogP contribution in [0.4, 0.5) is 0 Å². The van der Waals surface area contributed by atoms with Crippen LogP contribution in [0.1, 0.15) is 29.5 Å². The van der Waals surface area contributed by atoms with E-state index in [0.717, 1.165) is 61.0 Å². The molecule has 152 valence electrons. The normalized spacial score (nSPS) is 16.8. The van der Waals surface area contributed by atoms with Gasteiger partial charge in [-0.05, 0) is 68.5 Å². The van der Waals surface area contributed by atoms with E-state index in [1.54, 1.807) is 14.2 Å². The number of aliphatic hydroxyl groups is 1. The summed E-state index contributed by atoms with van der Waals surface area (Å²) in [7, 11) is 3.39. The third-order valence-corrected chi connectivity index (χ3v) is 6.25. The van der Waals surface area contributed by atoms with Crippen molar-refractivity contribution in [3.8, 4) is 11.5 Å². The van der Waals surface area contributed by atoms with Gasteiger partial charge in [-0.15, -0.1) is 0 Å². The summed E-state index contributed by atoms with van der Waals surface area (Å²) in [5.74, 6) is 1.75. The minimum absolute atomic E-state index is 0.0513. The van der Waals surface area contributed by atoms with Crippen LogP contribution in [-0.4, -0.2) is 43.9 Å². The molecule has 28 heavy (non-hydrogen) atoms. The second kappa shape index (κ2) is 9.17. The van der Waals surface area contributed by atoms with Crippen molar-refractivity contribution in [3.05, 3.63) is 58.1 Å². The van der Waals surface area contributed by atoms with Crippen LogP contribution >= 0.6 is 11.6 Å². The topological polar surface area (TPSA) is 41.9 Å². The summed E-state index contributed by atoms with van der Waals surface area (Å²) >= 11 is 6.00. The third kappa shape index (κ3) is 4.62. The van der Waals surface area contributed by atoms with Gasteiger partial charge in [0.1, 0.15) is 11.5 Å². The van der Waals surface area contributed by atoms with Crippen molar-refractivity contribution in [2.24, 2.45) is 5.41 Å². The van der Waals surface area contributed by atoms with Gasteiger partial charge in [-0.3, -0.25) is 4.90 Å². The molecule has 1 N–H and O–H groups in total. The van der Waals surface area contributed by atoms with Gasteiger partial charge in [0.25, 0.3) is 0 Å². The van der Waals surface area contributed by atoms with Gasteiger partial charge >= 0.3 is 0 Å². The van der Waals surface area contributed by atoms with Crippen LogP contribution in [0.5, 0.6) is 11.5 Å². The first-order chi connectivity index (χ1) is 13.5. The molecule has 1 fully saturated rings. The molecule has 4 nitrogen and oxygen atoms in total. The Balaban J connectivity index is 1.66. The molecule has 1 saturated heterocycles. The summed E-state index contributed by atoms with van der Waals surface area (Å²) in [6.07, 6.45) is 2.84. The minimum atomic E-state index is -0.0513. The Morgan fingerprint density at radius 2 is 1.71 bits per heavy atom. The van der Waals surface area contributed by atoms with Crippen molar-refractivity contribution in [1.82, 2.24) is 4.90 Å². The highest BCUT2D eigenvalue weighted by atomic mass is 35.5. The predicted octanol–water partition coefficient (Wildman–Crippen LogP) is 4.48. The van der Waals surface area contributed by atoms with E-state index in [1.807, 2.05) is 25.1 Å². The van der Waals surface area contributed by atoms with Crippen molar-refractivity contribution in [2.75, 3.05) is 33.9 Å². The second-order valence-electron chi connectivity index (χ2n) is 7.82. The van der Waals surface area contributed by atoms with E-state index in [4.69, 9.17) is 21.1 Å². The van der Waals surface area contributed by atoms with Gasteiger partial charge in [-0.1, -0.05) is 29.8 Å². The number of halogens is 1. The number of hydrogen-bond donors (Lipinski definition) is 1. The molecule has 5 heteroatoms. The molecule has 0 spiro atoms. The highest BCUT2D eigenvalue weighted by molar-refractivity contribution is 6.30. The van der Waals surface area contributed by atoms with Crippen molar-refractivity contribution >= 4 is 11.6 Å². The fourth-order valence-corrected chi connectivity index (χ4v) is 4.34. The molecule has 1 aliphatic heterocycles. The number of rotatable bonds is 7. The summed E-state index contributed by atoms with van der Waals surface area (Å²) in [5, 5.41) is 10.9. The molecule has 0 aromatic heterocycles. The lowest BCUT2D eigenvalue weighted by atomic mass is 9.74. The van der Waals surface area contributed by atoms with E-state index in [1.165, 1.54) is 11.1 Å². The first-order valence-electron chi connectivity index (χ1n) is 9.78. The number of likely N-dealkylation sites (tertiary alicyclic amines) is 1. The van der Waals surface area contributed by atoms with Gasteiger partial charge in [-0.25, -0.2) is 0 Å². The lowest BCUT2D eigenvalue weighted by Crippen LogP contribution is -2.42. The maximum Gasteiger partial charge on any atom is 0.129 e. The van der Waals surface area contributed by atoms with Crippen LogP contribution in [0, 0.1) is 12.3 Å². The zero-order valence-electron chi connectivity index (χ0n) is 17.0. The highest BCUT2D eigenvalue weighted by Gasteiger charge is 2.34. The molecule has 0 unspecified atom stereocenters. The van der Waals surface area contributed by atoms with Gasteiger partial charge in [0.05, 0.1) is 14.2 Å². The molecule has 1 heterocycles. The predicted molar refractivity (Wildman–Crippen MR) is 113 cm³/mol. The number of hydrogen-bond acceptors (Lipinski definition) is 4. The molecular weight excluding hydrogens is 374 g/mol. The Kier molecular flexibility index (Phi) is 6.86. The molecule has 1 aliphatic rings. The van der Waals surface area contributed by atoms with E-state index in [2.05, 4.69) is 23.1 Å². The van der Waals surface area contributed by atoms with Crippen LogP contribution in [-0.2, 0) is 13.0 Å². The van der Waals surface area contributed by atoms with Crippen LogP contribution in [0.25, 0.3) is 0 Å². The van der Waals surface area contributed by atoms with Crippen LogP contribution in [0.3, 0.4) is 0 Å². The standard InChI is InChI=1S/C23H30ClNO3/c1-17-21(27-2)9-6-19(22(17)28-3)15-25-12-10-23(16-26,11-13-25)14-18-4-7-20(24)8-5-18/h4-9,26H,10-16H2,1-3H3.